The van der Waals surface area contributed by atoms with E-state index in [1.54, 1.807) is 5.37 Å². The summed E-state index contributed by atoms with van der Waals surface area (Å²) in [6.45, 7) is 4.19. The number of aryl methyl sites for hydroxylation is 2. The first-order valence-electron chi connectivity index (χ1n) is 3.26. The normalized spacial score (nSPS) is 9.40. The summed E-state index contributed by atoms with van der Waals surface area (Å²) in [5, 5.41) is 1.70. The van der Waals surface area contributed by atoms with Crippen molar-refractivity contribution < 1.29 is 0 Å². The van der Waals surface area contributed by atoms with Crippen LogP contribution < -0.4 is 0 Å². The van der Waals surface area contributed by atoms with E-state index in [-0.39, 0.29) is 0 Å². The molecule has 1 heteroatoms. The van der Waals surface area contributed by atoms with Crippen molar-refractivity contribution >= 4 is 17.6 Å². The molecule has 0 fully saturated rings. The first-order chi connectivity index (χ1) is 4.74. The molecule has 0 radical (unpaired) electrons. The lowest BCUT2D eigenvalue weighted by Crippen LogP contribution is -1.83. The summed E-state index contributed by atoms with van der Waals surface area (Å²) < 4.78 is 0. The average Bonchev–Trinajstić information content (AvgIpc) is 1.95. The van der Waals surface area contributed by atoms with E-state index in [1.165, 1.54) is 11.1 Å². The van der Waals surface area contributed by atoms with Gasteiger partial charge in [-0.15, -0.1) is 0 Å². The van der Waals surface area contributed by atoms with E-state index in [1.807, 2.05) is 6.07 Å². The van der Waals surface area contributed by atoms with Crippen molar-refractivity contribution in [2.24, 2.45) is 0 Å². The summed E-state index contributed by atoms with van der Waals surface area (Å²) in [5.41, 5.74) is 3.75. The summed E-state index contributed by atoms with van der Waals surface area (Å²) in [7, 11) is 0. The Labute approximate surface area is 66.9 Å². The molecule has 0 spiro atoms. The van der Waals surface area contributed by atoms with Crippen molar-refractivity contribution in [1.29, 1.82) is 0 Å². The fraction of sp³-hybridized carbons (Fsp3) is 0.222. The quantitative estimate of drug-likeness (QED) is 0.555. The van der Waals surface area contributed by atoms with Gasteiger partial charge in [0.15, 0.2) is 0 Å². The minimum atomic E-state index is 1.12. The highest BCUT2D eigenvalue weighted by molar-refractivity contribution is 7.79. The van der Waals surface area contributed by atoms with Crippen molar-refractivity contribution in [2.75, 3.05) is 0 Å². The molecule has 52 valence electrons. The third-order valence-electron chi connectivity index (χ3n) is 1.67. The van der Waals surface area contributed by atoms with Crippen LogP contribution in [0.1, 0.15) is 16.7 Å². The van der Waals surface area contributed by atoms with Crippen LogP contribution in [0.3, 0.4) is 0 Å². The second-order valence-electron chi connectivity index (χ2n) is 2.46. The molecule has 0 aliphatic heterocycles. The highest BCUT2D eigenvalue weighted by Crippen LogP contribution is 2.07. The first-order valence-corrected chi connectivity index (χ1v) is 3.73. The molecule has 1 rings (SSSR count). The van der Waals surface area contributed by atoms with Gasteiger partial charge in [-0.05, 0) is 30.5 Å². The van der Waals surface area contributed by atoms with Gasteiger partial charge in [0.2, 0.25) is 0 Å². The Bertz CT molecular complexity index is 251. The lowest BCUT2D eigenvalue weighted by atomic mass is 10.1. The van der Waals surface area contributed by atoms with Crippen molar-refractivity contribution in [3.8, 4) is 0 Å². The first kappa shape index (κ1) is 7.42. The Hall–Kier alpha value is -0.690. The lowest BCUT2D eigenvalue weighted by molar-refractivity contribution is 1.34. The van der Waals surface area contributed by atoms with Crippen LogP contribution in [0.5, 0.6) is 0 Å². The van der Waals surface area contributed by atoms with E-state index in [4.69, 9.17) is 12.2 Å². The smallest absolute Gasteiger partial charge is 0.00862 e. The zero-order chi connectivity index (χ0) is 7.56. The maximum absolute atomic E-state index is 4.80. The third kappa shape index (κ3) is 1.42. The molecule has 0 aliphatic carbocycles. The van der Waals surface area contributed by atoms with Gasteiger partial charge in [0.1, 0.15) is 0 Å². The van der Waals surface area contributed by atoms with Crippen LogP contribution >= 0.6 is 12.2 Å². The Morgan fingerprint density at radius 2 is 1.90 bits per heavy atom. The highest BCUT2D eigenvalue weighted by Gasteiger charge is 1.91. The van der Waals surface area contributed by atoms with Crippen LogP contribution in [0.4, 0.5) is 0 Å². The predicted molar refractivity (Wildman–Crippen MR) is 48.7 cm³/mol. The zero-order valence-electron chi connectivity index (χ0n) is 6.22. The van der Waals surface area contributed by atoms with E-state index in [0.717, 1.165) is 5.56 Å². The zero-order valence-corrected chi connectivity index (χ0v) is 7.03. The molecular formula is C9H10S. The van der Waals surface area contributed by atoms with Crippen molar-refractivity contribution in [3.05, 3.63) is 34.9 Å². The van der Waals surface area contributed by atoms with Gasteiger partial charge >= 0.3 is 0 Å². The molecule has 0 nitrogen and oxygen atoms in total. The number of hydrogen-bond donors (Lipinski definition) is 0. The second-order valence-corrected chi connectivity index (χ2v) is 2.70. The monoisotopic (exact) mass is 150 g/mol. The number of benzene rings is 1. The molecule has 0 atom stereocenters. The molecule has 10 heavy (non-hydrogen) atoms. The molecule has 0 aliphatic rings. The molecule has 0 bridgehead atoms. The average molecular weight is 150 g/mol. The minimum absolute atomic E-state index is 1.12. The van der Waals surface area contributed by atoms with Gasteiger partial charge < -0.3 is 0 Å². The Kier molecular flexibility index (Phi) is 2.17. The van der Waals surface area contributed by atoms with Crippen LogP contribution in [0, 0.1) is 13.8 Å². The third-order valence-corrected chi connectivity index (χ3v) is 1.94. The molecular weight excluding hydrogens is 140 g/mol. The van der Waals surface area contributed by atoms with E-state index in [9.17, 15) is 0 Å². The van der Waals surface area contributed by atoms with Crippen molar-refractivity contribution in [2.45, 2.75) is 13.8 Å². The van der Waals surface area contributed by atoms with Crippen LogP contribution in [0.15, 0.2) is 18.2 Å². The largest absolute Gasteiger partial charge is 0.0881 e. The Balaban J connectivity index is 3.16. The maximum Gasteiger partial charge on any atom is 0.00862 e. The summed E-state index contributed by atoms with van der Waals surface area (Å²) >= 11 is 4.80. The topological polar surface area (TPSA) is 0 Å². The van der Waals surface area contributed by atoms with Crippen LogP contribution in [0.25, 0.3) is 0 Å². The van der Waals surface area contributed by atoms with E-state index in [0.29, 0.717) is 0 Å². The van der Waals surface area contributed by atoms with Gasteiger partial charge in [0.05, 0.1) is 0 Å². The van der Waals surface area contributed by atoms with Gasteiger partial charge in [-0.2, -0.15) is 0 Å². The van der Waals surface area contributed by atoms with Crippen molar-refractivity contribution in [1.82, 2.24) is 0 Å². The molecule has 0 saturated carbocycles. The van der Waals surface area contributed by atoms with Gasteiger partial charge in [0, 0.05) is 5.37 Å². The highest BCUT2D eigenvalue weighted by atomic mass is 32.1. The van der Waals surface area contributed by atoms with E-state index in [2.05, 4.69) is 26.0 Å². The standard InChI is InChI=1S/C9H10S/c1-7-3-4-9(6-10)5-8(7)2/h3-6H,1-2H3. The minimum Gasteiger partial charge on any atom is -0.0881 e. The molecule has 0 N–H and O–H groups in total. The Morgan fingerprint density at radius 3 is 2.40 bits per heavy atom. The summed E-state index contributed by atoms with van der Waals surface area (Å²) in [6, 6.07) is 6.23. The summed E-state index contributed by atoms with van der Waals surface area (Å²) in [6.07, 6.45) is 0. The van der Waals surface area contributed by atoms with Gasteiger partial charge in [-0.25, -0.2) is 0 Å². The van der Waals surface area contributed by atoms with Gasteiger partial charge in [-0.3, -0.25) is 0 Å². The van der Waals surface area contributed by atoms with Crippen LogP contribution in [-0.2, 0) is 0 Å². The van der Waals surface area contributed by atoms with Crippen LogP contribution in [0.2, 0.25) is 0 Å². The Morgan fingerprint density at radius 1 is 1.20 bits per heavy atom. The predicted octanol–water partition coefficient (Wildman–Crippen LogP) is 2.65. The maximum atomic E-state index is 4.80. The molecule has 0 saturated heterocycles. The molecule has 1 aromatic rings. The molecule has 1 aromatic carbocycles. The van der Waals surface area contributed by atoms with E-state index < -0.39 is 0 Å². The molecule has 0 aromatic heterocycles. The number of hydrogen-bond acceptors (Lipinski definition) is 1. The molecule has 0 unspecified atom stereocenters. The SMILES string of the molecule is Cc1ccc(C=S)cc1C. The fourth-order valence-corrected chi connectivity index (χ4v) is 0.985. The number of thiocarbonyl (C=S) groups is 1. The summed E-state index contributed by atoms with van der Waals surface area (Å²) in [5.74, 6) is 0. The summed E-state index contributed by atoms with van der Waals surface area (Å²) in [4.78, 5) is 0. The van der Waals surface area contributed by atoms with Crippen LogP contribution in [-0.4, -0.2) is 5.37 Å². The van der Waals surface area contributed by atoms with Crippen molar-refractivity contribution in [3.63, 3.8) is 0 Å². The van der Waals surface area contributed by atoms with E-state index >= 15 is 0 Å². The molecule has 0 amide bonds. The van der Waals surface area contributed by atoms with Gasteiger partial charge in [-0.1, -0.05) is 30.4 Å². The lowest BCUT2D eigenvalue weighted by Gasteiger charge is -1.98. The second kappa shape index (κ2) is 2.93. The fourth-order valence-electron chi connectivity index (χ4n) is 0.838. The number of rotatable bonds is 1. The van der Waals surface area contributed by atoms with Gasteiger partial charge in [0.25, 0.3) is 0 Å². The molecule has 0 heterocycles.